The van der Waals surface area contributed by atoms with E-state index in [4.69, 9.17) is 0 Å². The van der Waals surface area contributed by atoms with Crippen molar-refractivity contribution in [3.8, 4) is 0 Å². The third kappa shape index (κ3) is 2.56. The second kappa shape index (κ2) is 5.79. The second-order valence-corrected chi connectivity index (χ2v) is 5.83. The van der Waals surface area contributed by atoms with Gasteiger partial charge in [-0.2, -0.15) is 0 Å². The Hall–Kier alpha value is -2.36. The normalized spacial score (nSPS) is 22.0. The van der Waals surface area contributed by atoms with Crippen molar-refractivity contribution in [3.63, 3.8) is 0 Å². The van der Waals surface area contributed by atoms with Crippen LogP contribution in [0.3, 0.4) is 0 Å². The Labute approximate surface area is 130 Å². The Bertz CT molecular complexity index is 676. The van der Waals surface area contributed by atoms with Crippen LogP contribution in [0.4, 0.5) is 0 Å². The Morgan fingerprint density at radius 3 is 2.95 bits per heavy atom. The predicted octanol–water partition coefficient (Wildman–Crippen LogP) is 2.86. The quantitative estimate of drug-likeness (QED) is 0.912. The number of rotatable bonds is 2. The van der Waals surface area contributed by atoms with Gasteiger partial charge in [0.2, 0.25) is 5.91 Å². The van der Waals surface area contributed by atoms with E-state index in [0.717, 1.165) is 29.5 Å². The molecular formula is C18H20N2O2. The van der Waals surface area contributed by atoms with Crippen LogP contribution in [0.5, 0.6) is 0 Å². The average molecular weight is 296 g/mol. The number of benzene rings is 1. The predicted molar refractivity (Wildman–Crippen MR) is 85.9 cm³/mol. The van der Waals surface area contributed by atoms with Crippen molar-refractivity contribution in [1.82, 2.24) is 10.2 Å². The van der Waals surface area contributed by atoms with E-state index in [1.165, 1.54) is 0 Å². The van der Waals surface area contributed by atoms with Crippen molar-refractivity contribution in [3.05, 3.63) is 53.2 Å². The monoisotopic (exact) mass is 296 g/mol. The van der Waals surface area contributed by atoms with E-state index in [-0.39, 0.29) is 17.9 Å². The van der Waals surface area contributed by atoms with Gasteiger partial charge in [0.1, 0.15) is 0 Å². The smallest absolute Gasteiger partial charge is 0.255 e. The lowest BCUT2D eigenvalue weighted by molar-refractivity contribution is -0.120. The van der Waals surface area contributed by atoms with Gasteiger partial charge in [0, 0.05) is 24.2 Å². The van der Waals surface area contributed by atoms with E-state index < -0.39 is 0 Å². The number of nitrogens with zero attached hydrogens (tertiary/aromatic N) is 1. The number of allylic oxidation sites excluding steroid dienone is 1. The zero-order valence-corrected chi connectivity index (χ0v) is 12.8. The average Bonchev–Trinajstić information content (AvgIpc) is 2.69. The van der Waals surface area contributed by atoms with E-state index in [2.05, 4.69) is 18.0 Å². The molecule has 1 aromatic carbocycles. The van der Waals surface area contributed by atoms with Gasteiger partial charge in [-0.25, -0.2) is 0 Å². The Morgan fingerprint density at radius 2 is 2.18 bits per heavy atom. The highest BCUT2D eigenvalue weighted by Gasteiger charge is 2.35. The van der Waals surface area contributed by atoms with E-state index in [1.54, 1.807) is 0 Å². The van der Waals surface area contributed by atoms with Crippen LogP contribution in [-0.4, -0.2) is 22.8 Å². The van der Waals surface area contributed by atoms with Crippen LogP contribution in [0.2, 0.25) is 0 Å². The first kappa shape index (κ1) is 14.6. The van der Waals surface area contributed by atoms with E-state index >= 15 is 0 Å². The number of carbonyl (C=O) groups is 2. The fourth-order valence-electron chi connectivity index (χ4n) is 3.21. The molecule has 2 heterocycles. The van der Waals surface area contributed by atoms with Crippen molar-refractivity contribution in [2.75, 3.05) is 0 Å². The minimum atomic E-state index is -0.114. The molecule has 0 bridgehead atoms. The summed E-state index contributed by atoms with van der Waals surface area (Å²) in [7, 11) is 0. The topological polar surface area (TPSA) is 49.4 Å². The van der Waals surface area contributed by atoms with E-state index in [9.17, 15) is 9.59 Å². The molecule has 0 aliphatic carbocycles. The fraction of sp³-hybridized carbons (Fsp3) is 0.333. The SMILES string of the molecule is C=C1NC(=O)CCCC1N1Cc2cc(C=CC)ccc2C1=O. The molecule has 1 atom stereocenters. The molecule has 22 heavy (non-hydrogen) atoms. The molecule has 114 valence electrons. The zero-order valence-electron chi connectivity index (χ0n) is 12.8. The lowest BCUT2D eigenvalue weighted by Gasteiger charge is -2.28. The maximum absolute atomic E-state index is 12.7. The molecule has 2 aliphatic heterocycles. The third-order valence-corrected chi connectivity index (χ3v) is 4.28. The summed E-state index contributed by atoms with van der Waals surface area (Å²) >= 11 is 0. The number of fused-ring (bicyclic) bond motifs is 1. The maximum Gasteiger partial charge on any atom is 0.255 e. The summed E-state index contributed by atoms with van der Waals surface area (Å²) in [5, 5.41) is 2.81. The highest BCUT2D eigenvalue weighted by Crippen LogP contribution is 2.30. The molecular weight excluding hydrogens is 276 g/mol. The largest absolute Gasteiger partial charge is 0.328 e. The molecule has 2 amide bonds. The number of nitrogens with one attached hydrogen (secondary N) is 1. The lowest BCUT2D eigenvalue weighted by atomic mass is 10.1. The van der Waals surface area contributed by atoms with Gasteiger partial charge in [0.15, 0.2) is 0 Å². The summed E-state index contributed by atoms with van der Waals surface area (Å²) in [5.74, 6) is 0.0244. The molecule has 0 saturated carbocycles. The first-order valence-corrected chi connectivity index (χ1v) is 7.65. The van der Waals surface area contributed by atoms with Crippen LogP contribution in [0.25, 0.3) is 6.08 Å². The van der Waals surface area contributed by atoms with Crippen molar-refractivity contribution in [1.29, 1.82) is 0 Å². The Kier molecular flexibility index (Phi) is 3.84. The molecule has 2 aliphatic rings. The number of hydrogen-bond donors (Lipinski definition) is 1. The number of hydrogen-bond acceptors (Lipinski definition) is 2. The molecule has 1 N–H and O–H groups in total. The van der Waals surface area contributed by atoms with Crippen LogP contribution in [-0.2, 0) is 11.3 Å². The van der Waals surface area contributed by atoms with Crippen LogP contribution in [0.15, 0.2) is 36.6 Å². The molecule has 1 saturated heterocycles. The summed E-state index contributed by atoms with van der Waals surface area (Å²) in [4.78, 5) is 26.1. The minimum Gasteiger partial charge on any atom is -0.328 e. The molecule has 4 nitrogen and oxygen atoms in total. The van der Waals surface area contributed by atoms with Crippen LogP contribution < -0.4 is 5.32 Å². The van der Waals surface area contributed by atoms with Gasteiger partial charge in [-0.15, -0.1) is 0 Å². The van der Waals surface area contributed by atoms with Gasteiger partial charge in [0.05, 0.1) is 6.04 Å². The van der Waals surface area contributed by atoms with Gasteiger partial charge in [0.25, 0.3) is 5.91 Å². The summed E-state index contributed by atoms with van der Waals surface area (Å²) in [6.07, 6.45) is 6.06. The molecule has 1 unspecified atom stereocenters. The third-order valence-electron chi connectivity index (χ3n) is 4.28. The highest BCUT2D eigenvalue weighted by molar-refractivity contribution is 5.99. The fourth-order valence-corrected chi connectivity index (χ4v) is 3.21. The summed E-state index contributed by atoms with van der Waals surface area (Å²) in [6.45, 7) is 6.52. The minimum absolute atomic E-state index is 0.00738. The first-order valence-electron chi connectivity index (χ1n) is 7.65. The van der Waals surface area contributed by atoms with Crippen molar-refractivity contribution in [2.24, 2.45) is 0 Å². The molecule has 1 fully saturated rings. The van der Waals surface area contributed by atoms with Crippen LogP contribution in [0, 0.1) is 0 Å². The van der Waals surface area contributed by atoms with Gasteiger partial charge in [-0.05, 0) is 43.0 Å². The van der Waals surface area contributed by atoms with Gasteiger partial charge < -0.3 is 10.2 Å². The van der Waals surface area contributed by atoms with Gasteiger partial charge >= 0.3 is 0 Å². The molecule has 3 rings (SSSR count). The van der Waals surface area contributed by atoms with Crippen molar-refractivity contribution < 1.29 is 9.59 Å². The van der Waals surface area contributed by atoms with Gasteiger partial charge in [-0.1, -0.05) is 24.8 Å². The summed E-state index contributed by atoms with van der Waals surface area (Å²) in [6, 6.07) is 5.80. The maximum atomic E-state index is 12.7. The number of carbonyl (C=O) groups excluding carboxylic acids is 2. The Morgan fingerprint density at radius 1 is 1.36 bits per heavy atom. The first-order chi connectivity index (χ1) is 10.6. The van der Waals surface area contributed by atoms with Crippen LogP contribution in [0.1, 0.15) is 47.7 Å². The second-order valence-electron chi connectivity index (χ2n) is 5.83. The molecule has 1 aromatic rings. The van der Waals surface area contributed by atoms with Gasteiger partial charge in [-0.3, -0.25) is 9.59 Å². The lowest BCUT2D eigenvalue weighted by Crippen LogP contribution is -2.40. The summed E-state index contributed by atoms with van der Waals surface area (Å²) < 4.78 is 0. The van der Waals surface area contributed by atoms with Crippen molar-refractivity contribution in [2.45, 2.75) is 38.8 Å². The van der Waals surface area contributed by atoms with Crippen molar-refractivity contribution >= 4 is 17.9 Å². The highest BCUT2D eigenvalue weighted by atomic mass is 16.2. The molecule has 4 heteroatoms. The standard InChI is InChI=1S/C18H20N2O2/c1-3-5-13-8-9-15-14(10-13)11-20(18(15)22)16-6-4-7-17(21)19-12(16)2/h3,5,8-10,16H,2,4,6-7,11H2,1H3,(H,19,21). The molecule has 0 spiro atoms. The molecule has 0 radical (unpaired) electrons. The van der Waals surface area contributed by atoms with E-state index in [0.29, 0.717) is 18.7 Å². The number of amides is 2. The Balaban J connectivity index is 1.86. The molecule has 0 aromatic heterocycles. The van der Waals surface area contributed by atoms with E-state index in [1.807, 2.05) is 36.1 Å². The summed E-state index contributed by atoms with van der Waals surface area (Å²) in [5.41, 5.74) is 3.54. The zero-order chi connectivity index (χ0) is 15.7. The van der Waals surface area contributed by atoms with Crippen LogP contribution >= 0.6 is 0 Å².